The van der Waals surface area contributed by atoms with E-state index in [0.717, 1.165) is 24.1 Å². The van der Waals surface area contributed by atoms with Crippen LogP contribution in [0.3, 0.4) is 0 Å². The van der Waals surface area contributed by atoms with Crippen LogP contribution in [-0.2, 0) is 16.1 Å². The molecule has 0 spiro atoms. The molecule has 3 N–H and O–H groups in total. The molecule has 5 nitrogen and oxygen atoms in total. The minimum atomic E-state index is -0.291. The van der Waals surface area contributed by atoms with E-state index in [2.05, 4.69) is 16.0 Å². The second-order valence-electron chi connectivity index (χ2n) is 5.44. The number of nitrogens with one attached hydrogen (secondary N) is 3. The molecule has 116 valence electrons. The lowest BCUT2D eigenvalue weighted by atomic mass is 10.0. The highest BCUT2D eigenvalue weighted by Gasteiger charge is 2.33. The van der Waals surface area contributed by atoms with E-state index in [1.165, 1.54) is 0 Å². The Balaban J connectivity index is 1.81. The van der Waals surface area contributed by atoms with E-state index in [-0.39, 0.29) is 29.8 Å². The lowest BCUT2D eigenvalue weighted by molar-refractivity contribution is -0.126. The molecular formula is C15H23N3O2S. The first-order chi connectivity index (χ1) is 10.1. The van der Waals surface area contributed by atoms with Gasteiger partial charge in [0.2, 0.25) is 11.8 Å². The Bertz CT molecular complexity index is 475. The highest BCUT2D eigenvalue weighted by atomic mass is 32.1. The predicted octanol–water partition coefficient (Wildman–Crippen LogP) is 1.26. The molecule has 3 unspecified atom stereocenters. The molecule has 1 saturated carbocycles. The average molecular weight is 309 g/mol. The molecule has 0 aromatic carbocycles. The second-order valence-corrected chi connectivity index (χ2v) is 6.48. The van der Waals surface area contributed by atoms with Crippen LogP contribution in [-0.4, -0.2) is 30.9 Å². The van der Waals surface area contributed by atoms with E-state index in [1.54, 1.807) is 18.4 Å². The number of hydrogen-bond donors (Lipinski definition) is 3. The molecule has 3 atom stereocenters. The van der Waals surface area contributed by atoms with Crippen LogP contribution >= 0.6 is 11.3 Å². The van der Waals surface area contributed by atoms with Gasteiger partial charge in [0.1, 0.15) is 0 Å². The Labute approximate surface area is 129 Å². The van der Waals surface area contributed by atoms with Gasteiger partial charge in [-0.1, -0.05) is 12.5 Å². The summed E-state index contributed by atoms with van der Waals surface area (Å²) in [6.07, 6.45) is 2.86. The number of rotatable bonds is 6. The molecule has 1 heterocycles. The van der Waals surface area contributed by atoms with Crippen molar-refractivity contribution in [2.24, 2.45) is 5.92 Å². The van der Waals surface area contributed by atoms with Crippen molar-refractivity contribution in [3.8, 4) is 0 Å². The maximum Gasteiger partial charge on any atom is 0.237 e. The zero-order valence-corrected chi connectivity index (χ0v) is 13.3. The monoisotopic (exact) mass is 309 g/mol. The first kappa shape index (κ1) is 16.0. The van der Waals surface area contributed by atoms with Gasteiger partial charge in [0, 0.05) is 18.0 Å². The van der Waals surface area contributed by atoms with E-state index in [1.807, 2.05) is 24.4 Å². The van der Waals surface area contributed by atoms with Crippen molar-refractivity contribution in [1.82, 2.24) is 16.0 Å². The summed E-state index contributed by atoms with van der Waals surface area (Å²) in [5, 5.41) is 10.9. The molecule has 0 radical (unpaired) electrons. The fraction of sp³-hybridized carbons (Fsp3) is 0.600. The van der Waals surface area contributed by atoms with Crippen LogP contribution in [0.1, 0.15) is 31.1 Å². The molecule has 2 rings (SSSR count). The van der Waals surface area contributed by atoms with Crippen molar-refractivity contribution in [3.05, 3.63) is 22.4 Å². The number of carbonyl (C=O) groups excluding carboxylic acids is 2. The van der Waals surface area contributed by atoms with E-state index < -0.39 is 0 Å². The first-order valence-corrected chi connectivity index (χ1v) is 8.27. The van der Waals surface area contributed by atoms with Crippen molar-refractivity contribution >= 4 is 23.2 Å². The van der Waals surface area contributed by atoms with Gasteiger partial charge in [0.05, 0.1) is 18.5 Å². The van der Waals surface area contributed by atoms with Crippen LogP contribution in [0, 0.1) is 5.92 Å². The molecule has 1 aromatic heterocycles. The lowest BCUT2D eigenvalue weighted by Crippen LogP contribution is -2.49. The SMILES string of the molecule is CNC(=O)C1CCCC1NC(C)C(=O)NCc1cccs1. The normalized spacial score (nSPS) is 22.8. The molecule has 1 aromatic rings. The Morgan fingerprint density at radius 1 is 1.43 bits per heavy atom. The summed E-state index contributed by atoms with van der Waals surface area (Å²) in [4.78, 5) is 25.0. The van der Waals surface area contributed by atoms with Crippen LogP contribution < -0.4 is 16.0 Å². The molecule has 2 amide bonds. The largest absolute Gasteiger partial charge is 0.359 e. The summed E-state index contributed by atoms with van der Waals surface area (Å²) in [6.45, 7) is 2.41. The zero-order valence-electron chi connectivity index (χ0n) is 12.5. The molecule has 21 heavy (non-hydrogen) atoms. The summed E-state index contributed by atoms with van der Waals surface area (Å²) in [5.41, 5.74) is 0. The highest BCUT2D eigenvalue weighted by molar-refractivity contribution is 7.09. The molecule has 1 aliphatic carbocycles. The van der Waals surface area contributed by atoms with Gasteiger partial charge in [-0.3, -0.25) is 9.59 Å². The van der Waals surface area contributed by atoms with E-state index in [4.69, 9.17) is 0 Å². The lowest BCUT2D eigenvalue weighted by Gasteiger charge is -2.23. The van der Waals surface area contributed by atoms with Gasteiger partial charge < -0.3 is 16.0 Å². The first-order valence-electron chi connectivity index (χ1n) is 7.39. The van der Waals surface area contributed by atoms with Crippen LogP contribution in [0.15, 0.2) is 17.5 Å². The fourth-order valence-electron chi connectivity index (χ4n) is 2.80. The van der Waals surface area contributed by atoms with Crippen molar-refractivity contribution in [2.75, 3.05) is 7.05 Å². The van der Waals surface area contributed by atoms with Gasteiger partial charge in [0.25, 0.3) is 0 Å². The Kier molecular flexibility index (Phi) is 5.76. The van der Waals surface area contributed by atoms with Crippen LogP contribution in [0.25, 0.3) is 0 Å². The molecule has 0 aliphatic heterocycles. The van der Waals surface area contributed by atoms with Gasteiger partial charge in [-0.15, -0.1) is 11.3 Å². The number of carbonyl (C=O) groups is 2. The highest BCUT2D eigenvalue weighted by Crippen LogP contribution is 2.26. The number of thiophene rings is 1. The van der Waals surface area contributed by atoms with Crippen molar-refractivity contribution in [2.45, 2.75) is 44.8 Å². The summed E-state index contributed by atoms with van der Waals surface area (Å²) in [6, 6.07) is 3.77. The molecule has 1 fully saturated rings. The minimum absolute atomic E-state index is 0.0223. The topological polar surface area (TPSA) is 70.2 Å². The third kappa shape index (κ3) is 4.28. The molecule has 0 bridgehead atoms. The molecule has 0 saturated heterocycles. The maximum absolute atomic E-state index is 12.1. The third-order valence-corrected chi connectivity index (χ3v) is 4.85. The van der Waals surface area contributed by atoms with Crippen molar-refractivity contribution in [1.29, 1.82) is 0 Å². The number of hydrogen-bond acceptors (Lipinski definition) is 4. The second kappa shape index (κ2) is 7.56. The fourth-order valence-corrected chi connectivity index (χ4v) is 3.44. The van der Waals surface area contributed by atoms with E-state index in [9.17, 15) is 9.59 Å². The number of amides is 2. The third-order valence-electron chi connectivity index (χ3n) is 3.97. The summed E-state index contributed by atoms with van der Waals surface area (Å²) in [5.74, 6) is 0.0182. The summed E-state index contributed by atoms with van der Waals surface area (Å²) >= 11 is 1.63. The molecular weight excluding hydrogens is 286 g/mol. The van der Waals surface area contributed by atoms with Crippen LogP contribution in [0.5, 0.6) is 0 Å². The molecule has 6 heteroatoms. The Morgan fingerprint density at radius 3 is 2.90 bits per heavy atom. The summed E-state index contributed by atoms with van der Waals surface area (Å²) < 4.78 is 0. The van der Waals surface area contributed by atoms with Crippen LogP contribution in [0.2, 0.25) is 0 Å². The minimum Gasteiger partial charge on any atom is -0.359 e. The quantitative estimate of drug-likeness (QED) is 0.741. The molecule has 1 aliphatic rings. The standard InChI is InChI=1S/C15H23N3O2S/c1-10(14(19)17-9-11-5-4-8-21-11)18-13-7-3-6-12(13)15(20)16-2/h4-5,8,10,12-13,18H,3,6-7,9H2,1-2H3,(H,16,20)(H,17,19). The van der Waals surface area contributed by atoms with E-state index in [0.29, 0.717) is 6.54 Å². The maximum atomic E-state index is 12.1. The Hall–Kier alpha value is -1.40. The van der Waals surface area contributed by atoms with Crippen molar-refractivity contribution < 1.29 is 9.59 Å². The van der Waals surface area contributed by atoms with Crippen molar-refractivity contribution in [3.63, 3.8) is 0 Å². The predicted molar refractivity (Wildman–Crippen MR) is 84.0 cm³/mol. The van der Waals surface area contributed by atoms with Gasteiger partial charge in [-0.25, -0.2) is 0 Å². The average Bonchev–Trinajstić information content (AvgIpc) is 3.15. The van der Waals surface area contributed by atoms with Gasteiger partial charge in [-0.2, -0.15) is 0 Å². The van der Waals surface area contributed by atoms with E-state index >= 15 is 0 Å². The Morgan fingerprint density at radius 2 is 2.24 bits per heavy atom. The van der Waals surface area contributed by atoms with Gasteiger partial charge in [-0.05, 0) is 31.2 Å². The summed E-state index contributed by atoms with van der Waals surface area (Å²) in [7, 11) is 1.66. The van der Waals surface area contributed by atoms with Crippen LogP contribution in [0.4, 0.5) is 0 Å². The van der Waals surface area contributed by atoms with Gasteiger partial charge >= 0.3 is 0 Å². The smallest absolute Gasteiger partial charge is 0.237 e. The van der Waals surface area contributed by atoms with Gasteiger partial charge in [0.15, 0.2) is 0 Å². The zero-order chi connectivity index (χ0) is 15.2.